The zero-order chi connectivity index (χ0) is 20.9. The predicted octanol–water partition coefficient (Wildman–Crippen LogP) is 5.53. The highest BCUT2D eigenvalue weighted by Gasteiger charge is 2.28. The van der Waals surface area contributed by atoms with E-state index in [1.54, 1.807) is 17.5 Å². The quantitative estimate of drug-likeness (QED) is 0.526. The van der Waals surface area contributed by atoms with Gasteiger partial charge in [0.15, 0.2) is 0 Å². The standard InChI is InChI=1S/C24H27N3O2S/c1-3-29-20-9-5-4-8-19(20)27-23(28)22-18-11-10-16(2)13-21(18)30-24(22)26-15-17-7-6-12-25-14-17/h4-9,12,14,16,26H,3,10-11,13,15H2,1-2H3,(H,27,28)/t16-/m0/s1. The van der Waals surface area contributed by atoms with Crippen LogP contribution in [0.3, 0.4) is 0 Å². The maximum Gasteiger partial charge on any atom is 0.259 e. The molecule has 0 unspecified atom stereocenters. The van der Waals surface area contributed by atoms with Crippen LogP contribution in [0.25, 0.3) is 0 Å². The Morgan fingerprint density at radius 1 is 1.27 bits per heavy atom. The highest BCUT2D eigenvalue weighted by Crippen LogP contribution is 2.40. The van der Waals surface area contributed by atoms with Crippen molar-refractivity contribution in [2.45, 2.75) is 39.7 Å². The Kier molecular flexibility index (Phi) is 6.33. The monoisotopic (exact) mass is 421 g/mol. The van der Waals surface area contributed by atoms with Crippen LogP contribution in [0.1, 0.15) is 46.6 Å². The van der Waals surface area contributed by atoms with Gasteiger partial charge in [0.1, 0.15) is 10.8 Å². The van der Waals surface area contributed by atoms with Crippen molar-refractivity contribution < 1.29 is 9.53 Å². The fourth-order valence-electron chi connectivity index (χ4n) is 3.84. The summed E-state index contributed by atoms with van der Waals surface area (Å²) in [4.78, 5) is 18.9. The molecule has 4 rings (SSSR count). The molecule has 30 heavy (non-hydrogen) atoms. The second-order valence-corrected chi connectivity index (χ2v) is 8.76. The third kappa shape index (κ3) is 4.49. The largest absolute Gasteiger partial charge is 0.492 e. The second-order valence-electron chi connectivity index (χ2n) is 7.65. The predicted molar refractivity (Wildman–Crippen MR) is 123 cm³/mol. The van der Waals surface area contributed by atoms with Gasteiger partial charge >= 0.3 is 0 Å². The van der Waals surface area contributed by atoms with Gasteiger partial charge in [-0.3, -0.25) is 9.78 Å². The minimum absolute atomic E-state index is 0.0807. The Bertz CT molecular complexity index is 1020. The summed E-state index contributed by atoms with van der Waals surface area (Å²) in [6.07, 6.45) is 6.70. The molecule has 6 heteroatoms. The molecule has 0 saturated carbocycles. The number of nitrogens with one attached hydrogen (secondary N) is 2. The van der Waals surface area contributed by atoms with Crippen molar-refractivity contribution in [3.8, 4) is 5.75 Å². The number of para-hydroxylation sites is 2. The zero-order valence-electron chi connectivity index (χ0n) is 17.4. The average Bonchev–Trinajstić information content (AvgIpc) is 3.12. The number of nitrogens with zero attached hydrogens (tertiary/aromatic N) is 1. The number of rotatable bonds is 7. The summed E-state index contributed by atoms with van der Waals surface area (Å²) in [5.74, 6) is 1.26. The van der Waals surface area contributed by atoms with Crippen molar-refractivity contribution in [3.05, 3.63) is 70.4 Å². The molecule has 0 saturated heterocycles. The highest BCUT2D eigenvalue weighted by molar-refractivity contribution is 7.16. The first-order valence-electron chi connectivity index (χ1n) is 10.5. The first kappa shape index (κ1) is 20.4. The van der Waals surface area contributed by atoms with Crippen LogP contribution in [0.4, 0.5) is 10.7 Å². The number of benzene rings is 1. The molecule has 0 fully saturated rings. The number of anilines is 2. The zero-order valence-corrected chi connectivity index (χ0v) is 18.2. The molecule has 2 heterocycles. The molecule has 2 N–H and O–H groups in total. The summed E-state index contributed by atoms with van der Waals surface area (Å²) in [6, 6.07) is 11.5. The fraction of sp³-hybridized carbons (Fsp3) is 0.333. The van der Waals surface area contributed by atoms with Crippen LogP contribution in [0.15, 0.2) is 48.8 Å². The molecule has 1 aliphatic carbocycles. The van der Waals surface area contributed by atoms with E-state index >= 15 is 0 Å². The lowest BCUT2D eigenvalue weighted by Crippen LogP contribution is -2.18. The maximum absolute atomic E-state index is 13.4. The van der Waals surface area contributed by atoms with Crippen LogP contribution < -0.4 is 15.4 Å². The molecule has 0 bridgehead atoms. The number of aromatic nitrogens is 1. The second kappa shape index (κ2) is 9.30. The minimum atomic E-state index is -0.0807. The van der Waals surface area contributed by atoms with Gasteiger partial charge < -0.3 is 15.4 Å². The number of hydrogen-bond acceptors (Lipinski definition) is 5. The van der Waals surface area contributed by atoms with E-state index in [-0.39, 0.29) is 5.91 Å². The maximum atomic E-state index is 13.4. The number of pyridine rings is 1. The SMILES string of the molecule is CCOc1ccccc1NC(=O)c1c(NCc2cccnc2)sc2c1CC[C@H](C)C2. The Balaban J connectivity index is 1.63. The lowest BCUT2D eigenvalue weighted by atomic mass is 9.88. The van der Waals surface area contributed by atoms with E-state index < -0.39 is 0 Å². The molecule has 0 spiro atoms. The van der Waals surface area contributed by atoms with Crippen LogP contribution >= 0.6 is 11.3 Å². The van der Waals surface area contributed by atoms with Crippen molar-refractivity contribution in [2.24, 2.45) is 5.92 Å². The number of fused-ring (bicyclic) bond motifs is 1. The van der Waals surface area contributed by atoms with Gasteiger partial charge in [-0.2, -0.15) is 0 Å². The van der Waals surface area contributed by atoms with E-state index in [2.05, 4.69) is 22.5 Å². The third-order valence-corrected chi connectivity index (χ3v) is 6.56. The van der Waals surface area contributed by atoms with Gasteiger partial charge in [0.05, 0.1) is 17.9 Å². The summed E-state index contributed by atoms with van der Waals surface area (Å²) >= 11 is 1.71. The van der Waals surface area contributed by atoms with Crippen molar-refractivity contribution in [3.63, 3.8) is 0 Å². The van der Waals surface area contributed by atoms with Gasteiger partial charge in [-0.15, -0.1) is 11.3 Å². The molecule has 1 aliphatic rings. The number of amides is 1. The lowest BCUT2D eigenvalue weighted by molar-refractivity contribution is 0.102. The smallest absolute Gasteiger partial charge is 0.259 e. The van der Waals surface area contributed by atoms with Crippen molar-refractivity contribution in [1.29, 1.82) is 0 Å². The van der Waals surface area contributed by atoms with Crippen LogP contribution in [0.5, 0.6) is 5.75 Å². The van der Waals surface area contributed by atoms with Gasteiger partial charge in [0, 0.05) is 23.8 Å². The number of ether oxygens (including phenoxy) is 1. The molecule has 0 radical (unpaired) electrons. The van der Waals surface area contributed by atoms with Gasteiger partial charge in [0.2, 0.25) is 0 Å². The molecule has 1 amide bonds. The summed E-state index contributed by atoms with van der Waals surface area (Å²) in [5.41, 5.74) is 3.76. The fourth-order valence-corrected chi connectivity index (χ4v) is 5.24. The normalized spacial score (nSPS) is 15.3. The Hall–Kier alpha value is -2.86. The summed E-state index contributed by atoms with van der Waals surface area (Å²) in [7, 11) is 0. The van der Waals surface area contributed by atoms with Crippen LogP contribution in [-0.4, -0.2) is 17.5 Å². The Morgan fingerprint density at radius 3 is 2.93 bits per heavy atom. The lowest BCUT2D eigenvalue weighted by Gasteiger charge is -2.19. The molecule has 1 aromatic carbocycles. The average molecular weight is 422 g/mol. The van der Waals surface area contributed by atoms with E-state index in [1.807, 2.05) is 49.5 Å². The summed E-state index contributed by atoms with van der Waals surface area (Å²) in [6.45, 7) is 5.41. The molecule has 3 aromatic rings. The molecule has 5 nitrogen and oxygen atoms in total. The van der Waals surface area contributed by atoms with E-state index in [9.17, 15) is 4.79 Å². The number of thiophene rings is 1. The van der Waals surface area contributed by atoms with Gasteiger partial charge in [-0.1, -0.05) is 25.1 Å². The molecule has 156 valence electrons. The van der Waals surface area contributed by atoms with Gasteiger partial charge in [0.25, 0.3) is 5.91 Å². The van der Waals surface area contributed by atoms with Crippen LogP contribution in [-0.2, 0) is 19.4 Å². The third-order valence-electron chi connectivity index (χ3n) is 5.35. The van der Waals surface area contributed by atoms with Crippen molar-refractivity contribution in [2.75, 3.05) is 17.2 Å². The molecular formula is C24H27N3O2S. The van der Waals surface area contributed by atoms with Gasteiger partial charge in [-0.05, 0) is 61.4 Å². The van der Waals surface area contributed by atoms with E-state index in [0.29, 0.717) is 30.5 Å². The summed E-state index contributed by atoms with van der Waals surface area (Å²) in [5, 5.41) is 7.52. The topological polar surface area (TPSA) is 63.2 Å². The van der Waals surface area contributed by atoms with E-state index in [4.69, 9.17) is 4.74 Å². The van der Waals surface area contributed by atoms with Gasteiger partial charge in [-0.25, -0.2) is 0 Å². The Morgan fingerprint density at radius 2 is 2.13 bits per heavy atom. The van der Waals surface area contributed by atoms with Crippen LogP contribution in [0.2, 0.25) is 0 Å². The van der Waals surface area contributed by atoms with E-state index in [1.165, 1.54) is 10.4 Å². The number of carbonyl (C=O) groups is 1. The molecule has 2 aromatic heterocycles. The molecule has 1 atom stereocenters. The van der Waals surface area contributed by atoms with Crippen LogP contribution in [0, 0.1) is 5.92 Å². The molecular weight excluding hydrogens is 394 g/mol. The minimum Gasteiger partial charge on any atom is -0.492 e. The first-order chi connectivity index (χ1) is 14.7. The van der Waals surface area contributed by atoms with E-state index in [0.717, 1.165) is 35.4 Å². The Labute approximate surface area is 181 Å². The highest BCUT2D eigenvalue weighted by atomic mass is 32.1. The first-order valence-corrected chi connectivity index (χ1v) is 11.3. The summed E-state index contributed by atoms with van der Waals surface area (Å²) < 4.78 is 5.68. The van der Waals surface area contributed by atoms with Crippen molar-refractivity contribution in [1.82, 2.24) is 4.98 Å². The number of hydrogen-bond donors (Lipinski definition) is 2. The van der Waals surface area contributed by atoms with Crippen molar-refractivity contribution >= 4 is 27.9 Å². The number of carbonyl (C=O) groups excluding carboxylic acids is 1. The molecule has 0 aliphatic heterocycles.